The smallest absolute Gasteiger partial charge is 0.193 e. The summed E-state index contributed by atoms with van der Waals surface area (Å²) in [6.07, 6.45) is 8.56. The highest BCUT2D eigenvalue weighted by Crippen LogP contribution is 2.31. The van der Waals surface area contributed by atoms with Crippen molar-refractivity contribution < 1.29 is 18.0 Å². The molecule has 0 spiro atoms. The van der Waals surface area contributed by atoms with E-state index < -0.39 is 25.0 Å². The summed E-state index contributed by atoms with van der Waals surface area (Å²) in [4.78, 5) is 0. The van der Waals surface area contributed by atoms with Gasteiger partial charge in [-0.05, 0) is 60.8 Å². The molecular formula is C29H60O4Si3. The number of hydrogen-bond acceptors (Lipinski definition) is 4. The molecule has 0 aliphatic rings. The van der Waals surface area contributed by atoms with Gasteiger partial charge in [-0.3, -0.25) is 0 Å². The predicted octanol–water partition coefficient (Wildman–Crippen LogP) is 8.77. The van der Waals surface area contributed by atoms with Gasteiger partial charge in [0.05, 0.1) is 12.2 Å². The van der Waals surface area contributed by atoms with E-state index in [-0.39, 0.29) is 18.3 Å². The highest BCUT2D eigenvalue weighted by atomic mass is 28.4. The Hall–Kier alpha value is -0.209. The van der Waals surface area contributed by atoms with Crippen LogP contribution in [0.5, 0.6) is 0 Å². The van der Waals surface area contributed by atoms with Gasteiger partial charge in [0.25, 0.3) is 0 Å². The van der Waals surface area contributed by atoms with Crippen molar-refractivity contribution in [3.05, 3.63) is 12.7 Å². The first-order valence-corrected chi connectivity index (χ1v) is 22.5. The van der Waals surface area contributed by atoms with Gasteiger partial charge in [-0.25, -0.2) is 0 Å². The van der Waals surface area contributed by atoms with E-state index in [0.29, 0.717) is 13.0 Å². The predicted molar refractivity (Wildman–Crippen MR) is 165 cm³/mol. The normalized spacial score (nSPS) is 15.3. The minimum absolute atomic E-state index is 0.182. The minimum Gasteiger partial charge on any atom is -0.417 e. The zero-order valence-corrected chi connectivity index (χ0v) is 28.4. The molecule has 0 bridgehead atoms. The van der Waals surface area contributed by atoms with E-state index in [2.05, 4.69) is 74.8 Å². The van der Waals surface area contributed by atoms with E-state index in [1.807, 2.05) is 6.08 Å². The Morgan fingerprint density at radius 3 is 1.53 bits per heavy atom. The van der Waals surface area contributed by atoms with Crippen molar-refractivity contribution in [2.75, 3.05) is 13.2 Å². The van der Waals surface area contributed by atoms with Crippen molar-refractivity contribution >= 4 is 25.0 Å². The highest BCUT2D eigenvalue weighted by molar-refractivity contribution is 6.74. The largest absolute Gasteiger partial charge is 0.417 e. The van der Waals surface area contributed by atoms with Crippen molar-refractivity contribution in [3.8, 4) is 12.3 Å². The van der Waals surface area contributed by atoms with Gasteiger partial charge in [0.15, 0.2) is 25.0 Å². The molecule has 212 valence electrons. The summed E-state index contributed by atoms with van der Waals surface area (Å²) >= 11 is 0. The molecule has 0 saturated heterocycles. The molecule has 0 rings (SSSR count). The van der Waals surface area contributed by atoms with Gasteiger partial charge in [0.2, 0.25) is 0 Å². The lowest BCUT2D eigenvalue weighted by molar-refractivity contribution is -0.0761. The molecule has 0 aliphatic carbocycles. The number of ether oxygens (including phenoxy) is 1. The van der Waals surface area contributed by atoms with Gasteiger partial charge in [0.1, 0.15) is 6.10 Å². The van der Waals surface area contributed by atoms with Crippen LogP contribution in [0.4, 0.5) is 0 Å². The number of rotatable bonds is 23. The Morgan fingerprint density at radius 2 is 1.14 bits per heavy atom. The molecule has 0 radical (unpaired) electrons. The summed E-state index contributed by atoms with van der Waals surface area (Å²) in [5, 5.41) is 0. The van der Waals surface area contributed by atoms with Gasteiger partial charge >= 0.3 is 0 Å². The van der Waals surface area contributed by atoms with Crippen LogP contribution < -0.4 is 0 Å². The zero-order chi connectivity index (χ0) is 27.7. The van der Waals surface area contributed by atoms with Crippen LogP contribution in [-0.4, -0.2) is 56.5 Å². The Bertz CT molecular complexity index is 585. The summed E-state index contributed by atoms with van der Waals surface area (Å²) in [7, 11) is -5.35. The molecule has 0 fully saturated rings. The molecule has 0 aromatic carbocycles. The first kappa shape index (κ1) is 35.8. The Morgan fingerprint density at radius 1 is 0.694 bits per heavy atom. The zero-order valence-electron chi connectivity index (χ0n) is 25.4. The van der Waals surface area contributed by atoms with Gasteiger partial charge in [-0.2, -0.15) is 0 Å². The van der Waals surface area contributed by atoms with Crippen molar-refractivity contribution in [1.29, 1.82) is 0 Å². The molecule has 7 heteroatoms. The second kappa shape index (κ2) is 18.9. The van der Waals surface area contributed by atoms with Gasteiger partial charge in [-0.15, -0.1) is 18.9 Å². The molecule has 36 heavy (non-hydrogen) atoms. The topological polar surface area (TPSA) is 36.9 Å². The summed E-state index contributed by atoms with van der Waals surface area (Å²) < 4.78 is 27.1. The van der Waals surface area contributed by atoms with Crippen LogP contribution in [0.2, 0.25) is 54.4 Å². The van der Waals surface area contributed by atoms with Crippen molar-refractivity contribution in [2.45, 2.75) is 148 Å². The lowest BCUT2D eigenvalue weighted by Crippen LogP contribution is -2.52. The summed E-state index contributed by atoms with van der Waals surface area (Å²) in [6, 6.07) is 10.0. The first-order chi connectivity index (χ1) is 17.2. The first-order valence-electron chi connectivity index (χ1n) is 14.9. The van der Waals surface area contributed by atoms with Crippen molar-refractivity contribution in [1.82, 2.24) is 0 Å². The summed E-state index contributed by atoms with van der Waals surface area (Å²) in [5.41, 5.74) is 0. The van der Waals surface area contributed by atoms with Gasteiger partial charge < -0.3 is 18.0 Å². The van der Waals surface area contributed by atoms with E-state index in [4.69, 9.17) is 24.4 Å². The lowest BCUT2D eigenvalue weighted by Gasteiger charge is -2.41. The monoisotopic (exact) mass is 556 g/mol. The molecule has 0 heterocycles. The van der Waals surface area contributed by atoms with E-state index in [1.165, 1.54) is 18.1 Å². The fraction of sp³-hybridized carbons (Fsp3) is 0.862. The molecular weight excluding hydrogens is 497 g/mol. The van der Waals surface area contributed by atoms with Crippen molar-refractivity contribution in [3.63, 3.8) is 0 Å². The fourth-order valence-corrected chi connectivity index (χ4v) is 13.6. The van der Waals surface area contributed by atoms with Crippen LogP contribution in [0.3, 0.4) is 0 Å². The minimum atomic E-state index is -1.89. The standard InChI is InChI=1S/C29H60O4Si3/c1-12-24-28(33-36(20-9,21-10)22-11)29(27(13-2)32-35(17-6,18-7)19-8)30-25-23-26-31-34(14-3,15-4)16-5/h1,13,27-29H,2,14-26H2,3-11H3/t27-,28+,29-/m0/s1. The quantitative estimate of drug-likeness (QED) is 0.0545. The van der Waals surface area contributed by atoms with Crippen molar-refractivity contribution in [2.24, 2.45) is 0 Å². The third-order valence-corrected chi connectivity index (χ3v) is 22.8. The molecule has 0 saturated carbocycles. The third-order valence-electron chi connectivity index (χ3n) is 8.84. The molecule has 0 aromatic rings. The molecule has 0 unspecified atom stereocenters. The highest BCUT2D eigenvalue weighted by Gasteiger charge is 2.41. The van der Waals surface area contributed by atoms with Crippen LogP contribution in [0.15, 0.2) is 12.7 Å². The third kappa shape index (κ3) is 10.5. The number of hydrogen-bond donors (Lipinski definition) is 0. The van der Waals surface area contributed by atoms with Gasteiger partial charge in [-0.1, -0.05) is 68.4 Å². The lowest BCUT2D eigenvalue weighted by atomic mass is 10.1. The maximum atomic E-state index is 6.98. The number of terminal acetylenes is 1. The molecule has 0 aromatic heterocycles. The second-order valence-corrected chi connectivity index (χ2v) is 24.4. The van der Waals surface area contributed by atoms with E-state index in [0.717, 1.165) is 49.3 Å². The molecule has 0 amide bonds. The molecule has 3 atom stereocenters. The van der Waals surface area contributed by atoms with E-state index in [9.17, 15) is 0 Å². The van der Waals surface area contributed by atoms with Crippen LogP contribution in [0, 0.1) is 12.3 Å². The van der Waals surface area contributed by atoms with Gasteiger partial charge in [0, 0.05) is 19.6 Å². The SMILES string of the molecule is C#CC[C@@H](O[Si](CC)(CC)CC)[C@@H](OCCCO[Si](CC)(CC)CC)[C@H](C=C)O[Si](CC)(CC)CC. The van der Waals surface area contributed by atoms with E-state index >= 15 is 0 Å². The van der Waals surface area contributed by atoms with Crippen LogP contribution in [-0.2, 0) is 18.0 Å². The molecule has 4 nitrogen and oxygen atoms in total. The Kier molecular flexibility index (Phi) is 18.8. The summed E-state index contributed by atoms with van der Waals surface area (Å²) in [5.74, 6) is 2.89. The fourth-order valence-electron chi connectivity index (χ4n) is 5.24. The Labute approximate surface area is 228 Å². The maximum Gasteiger partial charge on any atom is 0.193 e. The van der Waals surface area contributed by atoms with Crippen LogP contribution in [0.1, 0.15) is 75.2 Å². The average Bonchev–Trinajstić information content (AvgIpc) is 2.93. The van der Waals surface area contributed by atoms with Crippen LogP contribution in [0.25, 0.3) is 0 Å². The Balaban J connectivity index is 5.87. The second-order valence-electron chi connectivity index (χ2n) is 10.2. The maximum absolute atomic E-state index is 6.98. The van der Waals surface area contributed by atoms with E-state index in [1.54, 1.807) is 0 Å². The molecule has 0 N–H and O–H groups in total. The molecule has 0 aliphatic heterocycles. The average molecular weight is 557 g/mol. The summed E-state index contributed by atoms with van der Waals surface area (Å²) in [6.45, 7) is 25.9. The van der Waals surface area contributed by atoms with Crippen LogP contribution >= 0.6 is 0 Å².